The van der Waals surface area contributed by atoms with Crippen LogP contribution in [0.1, 0.15) is 13.3 Å². The largest absolute Gasteiger partial charge is 0.396 e. The number of aliphatic hydroxyl groups excluding tert-OH is 1. The average Bonchev–Trinajstić information content (AvgIpc) is 1.69. The smallest absolute Gasteiger partial charge is 0.0428 e. The third-order valence-electron chi connectivity index (χ3n) is 0.224. The SMILES string of the molecule is CCCO.CNC. The molecule has 0 saturated heterocycles. The Balaban J connectivity index is 0. The minimum atomic E-state index is 0.319. The highest BCUT2D eigenvalue weighted by Crippen LogP contribution is 1.61. The van der Waals surface area contributed by atoms with Crippen molar-refractivity contribution in [3.63, 3.8) is 0 Å². The van der Waals surface area contributed by atoms with Crippen LogP contribution in [0.3, 0.4) is 0 Å². The highest BCUT2D eigenvalue weighted by molar-refractivity contribution is 4.10. The molecule has 0 aliphatic heterocycles. The normalized spacial score (nSPS) is 6.86. The highest BCUT2D eigenvalue weighted by Gasteiger charge is 1.57. The van der Waals surface area contributed by atoms with Gasteiger partial charge >= 0.3 is 0 Å². The van der Waals surface area contributed by atoms with E-state index < -0.39 is 0 Å². The lowest BCUT2D eigenvalue weighted by molar-refractivity contribution is 0.295. The minimum Gasteiger partial charge on any atom is -0.396 e. The molecule has 0 aromatic rings. The van der Waals surface area contributed by atoms with Crippen LogP contribution in [0.15, 0.2) is 0 Å². The fourth-order valence-electron chi connectivity index (χ4n) is 0. The van der Waals surface area contributed by atoms with Crippen LogP contribution in [0.2, 0.25) is 0 Å². The van der Waals surface area contributed by atoms with E-state index in [4.69, 9.17) is 5.11 Å². The second kappa shape index (κ2) is 16.8. The van der Waals surface area contributed by atoms with Gasteiger partial charge in [-0.15, -0.1) is 0 Å². The van der Waals surface area contributed by atoms with E-state index in [0.29, 0.717) is 6.61 Å². The first-order valence-corrected chi connectivity index (χ1v) is 2.52. The van der Waals surface area contributed by atoms with Gasteiger partial charge in [0, 0.05) is 6.61 Å². The molecule has 0 aromatic carbocycles. The molecule has 0 heterocycles. The lowest BCUT2D eigenvalue weighted by Gasteiger charge is -1.69. The third-order valence-corrected chi connectivity index (χ3v) is 0.224. The van der Waals surface area contributed by atoms with Crippen molar-refractivity contribution in [3.05, 3.63) is 0 Å². The van der Waals surface area contributed by atoms with Gasteiger partial charge in [0.05, 0.1) is 0 Å². The molecular formula is C5H15NO. The van der Waals surface area contributed by atoms with Crippen LogP contribution >= 0.6 is 0 Å². The minimum absolute atomic E-state index is 0.319. The summed E-state index contributed by atoms with van der Waals surface area (Å²) in [6, 6.07) is 0. The molecule has 0 radical (unpaired) electrons. The van der Waals surface area contributed by atoms with E-state index in [1.165, 1.54) is 0 Å². The van der Waals surface area contributed by atoms with E-state index in [9.17, 15) is 0 Å². The quantitative estimate of drug-likeness (QED) is 0.500. The predicted molar refractivity (Wildman–Crippen MR) is 32.4 cm³/mol. The van der Waals surface area contributed by atoms with Crippen LogP contribution in [-0.4, -0.2) is 25.8 Å². The molecule has 0 bridgehead atoms. The van der Waals surface area contributed by atoms with E-state index >= 15 is 0 Å². The van der Waals surface area contributed by atoms with Gasteiger partial charge in [0.1, 0.15) is 0 Å². The third kappa shape index (κ3) is 107. The molecule has 0 amide bonds. The number of hydrogen-bond donors (Lipinski definition) is 2. The zero-order chi connectivity index (χ0) is 6.12. The summed E-state index contributed by atoms with van der Waals surface area (Å²) in [6.45, 7) is 2.25. The van der Waals surface area contributed by atoms with Gasteiger partial charge in [-0.3, -0.25) is 0 Å². The Morgan fingerprint density at radius 2 is 1.57 bits per heavy atom. The van der Waals surface area contributed by atoms with E-state index in [0.717, 1.165) is 6.42 Å². The van der Waals surface area contributed by atoms with Gasteiger partial charge in [0.25, 0.3) is 0 Å². The summed E-state index contributed by atoms with van der Waals surface area (Å²) >= 11 is 0. The van der Waals surface area contributed by atoms with Crippen molar-refractivity contribution in [3.8, 4) is 0 Å². The van der Waals surface area contributed by atoms with E-state index in [1.54, 1.807) is 0 Å². The molecule has 0 aliphatic rings. The highest BCUT2D eigenvalue weighted by atomic mass is 16.2. The van der Waals surface area contributed by atoms with Crippen LogP contribution in [-0.2, 0) is 0 Å². The summed E-state index contributed by atoms with van der Waals surface area (Å²) < 4.78 is 0. The molecule has 2 heteroatoms. The Morgan fingerprint density at radius 1 is 1.43 bits per heavy atom. The standard InChI is InChI=1S/C3H8O.C2H7N/c1-2-3-4;1-3-2/h4H,2-3H2,1H3;3H,1-2H3. The van der Waals surface area contributed by atoms with Gasteiger partial charge in [-0.1, -0.05) is 6.92 Å². The molecule has 7 heavy (non-hydrogen) atoms. The van der Waals surface area contributed by atoms with Crippen LogP contribution in [0, 0.1) is 0 Å². The Kier molecular flexibility index (Phi) is 24.1. The van der Waals surface area contributed by atoms with Gasteiger partial charge < -0.3 is 10.4 Å². The first-order valence-electron chi connectivity index (χ1n) is 2.52. The van der Waals surface area contributed by atoms with Crippen molar-refractivity contribution in [2.75, 3.05) is 20.7 Å². The molecule has 0 aliphatic carbocycles. The summed E-state index contributed by atoms with van der Waals surface area (Å²) in [5.74, 6) is 0. The topological polar surface area (TPSA) is 32.3 Å². The lowest BCUT2D eigenvalue weighted by atomic mass is 10.5. The zero-order valence-electron chi connectivity index (χ0n) is 5.36. The van der Waals surface area contributed by atoms with Crippen LogP contribution < -0.4 is 5.32 Å². The maximum atomic E-state index is 7.88. The zero-order valence-corrected chi connectivity index (χ0v) is 5.36. The first-order chi connectivity index (χ1) is 3.33. The first kappa shape index (κ1) is 10.0. The molecule has 0 saturated carbocycles. The molecular weight excluding hydrogens is 90.1 g/mol. The van der Waals surface area contributed by atoms with Crippen molar-refractivity contribution >= 4 is 0 Å². The monoisotopic (exact) mass is 105 g/mol. The molecule has 0 spiro atoms. The Labute approximate surface area is 45.5 Å². The fourth-order valence-corrected chi connectivity index (χ4v) is 0. The Morgan fingerprint density at radius 3 is 1.57 bits per heavy atom. The van der Waals surface area contributed by atoms with Gasteiger partial charge in [0.15, 0.2) is 0 Å². The van der Waals surface area contributed by atoms with E-state index in [-0.39, 0.29) is 0 Å². The Hall–Kier alpha value is -0.0800. The van der Waals surface area contributed by atoms with Crippen molar-refractivity contribution < 1.29 is 5.11 Å². The fraction of sp³-hybridized carbons (Fsp3) is 1.00. The lowest BCUT2D eigenvalue weighted by Crippen LogP contribution is -1.89. The Bertz CT molecular complexity index is 15.6. The maximum absolute atomic E-state index is 7.88. The van der Waals surface area contributed by atoms with Gasteiger partial charge in [-0.25, -0.2) is 0 Å². The van der Waals surface area contributed by atoms with Gasteiger partial charge in [0.2, 0.25) is 0 Å². The number of rotatable bonds is 1. The molecule has 0 rings (SSSR count). The van der Waals surface area contributed by atoms with Crippen molar-refractivity contribution in [1.82, 2.24) is 5.32 Å². The molecule has 0 fully saturated rings. The second-order valence-electron chi connectivity index (χ2n) is 1.22. The molecule has 0 aromatic heterocycles. The van der Waals surface area contributed by atoms with Crippen molar-refractivity contribution in [1.29, 1.82) is 0 Å². The average molecular weight is 105 g/mol. The van der Waals surface area contributed by atoms with Crippen LogP contribution in [0.25, 0.3) is 0 Å². The molecule has 0 atom stereocenters. The maximum Gasteiger partial charge on any atom is 0.0428 e. The van der Waals surface area contributed by atoms with Crippen molar-refractivity contribution in [2.24, 2.45) is 0 Å². The summed E-state index contributed by atoms with van der Waals surface area (Å²) in [7, 11) is 3.75. The summed E-state index contributed by atoms with van der Waals surface area (Å²) in [6.07, 6.45) is 0.875. The number of nitrogens with one attached hydrogen (secondary N) is 1. The predicted octanol–water partition coefficient (Wildman–Crippen LogP) is 0.224. The number of hydrogen-bond acceptors (Lipinski definition) is 2. The summed E-state index contributed by atoms with van der Waals surface area (Å²) in [5.41, 5.74) is 0. The molecule has 0 unspecified atom stereocenters. The number of aliphatic hydroxyl groups is 1. The van der Waals surface area contributed by atoms with Gasteiger partial charge in [-0.05, 0) is 20.5 Å². The summed E-state index contributed by atoms with van der Waals surface area (Å²) in [4.78, 5) is 0. The second-order valence-corrected chi connectivity index (χ2v) is 1.22. The molecule has 46 valence electrons. The molecule has 2 nitrogen and oxygen atoms in total. The van der Waals surface area contributed by atoms with E-state index in [2.05, 4.69) is 5.32 Å². The van der Waals surface area contributed by atoms with E-state index in [1.807, 2.05) is 21.0 Å². The summed E-state index contributed by atoms with van der Waals surface area (Å²) in [5, 5.41) is 10.6. The van der Waals surface area contributed by atoms with Crippen molar-refractivity contribution in [2.45, 2.75) is 13.3 Å². The van der Waals surface area contributed by atoms with Crippen LogP contribution in [0.5, 0.6) is 0 Å². The van der Waals surface area contributed by atoms with Crippen LogP contribution in [0.4, 0.5) is 0 Å². The molecule has 2 N–H and O–H groups in total. The van der Waals surface area contributed by atoms with Gasteiger partial charge in [-0.2, -0.15) is 0 Å².